The van der Waals surface area contributed by atoms with Gasteiger partial charge < -0.3 is 15.2 Å². The lowest BCUT2D eigenvalue weighted by molar-refractivity contribution is 0.343. The van der Waals surface area contributed by atoms with Gasteiger partial charge in [-0.3, -0.25) is 0 Å². The van der Waals surface area contributed by atoms with Gasteiger partial charge in [0.1, 0.15) is 17.5 Å². The van der Waals surface area contributed by atoms with Crippen LogP contribution in [0.5, 0.6) is 0 Å². The molecule has 0 unspecified atom stereocenters. The van der Waals surface area contributed by atoms with Gasteiger partial charge in [0, 0.05) is 55.7 Å². The second-order valence-electron chi connectivity index (χ2n) is 7.68. The lowest BCUT2D eigenvalue weighted by Gasteiger charge is -2.35. The van der Waals surface area contributed by atoms with E-state index in [0.29, 0.717) is 12.0 Å². The van der Waals surface area contributed by atoms with Crippen molar-refractivity contribution in [2.45, 2.75) is 58.0 Å². The molecule has 2 aromatic rings. The molecule has 150 valence electrons. The monoisotopic (exact) mass is 412 g/mol. The Morgan fingerprint density at radius 1 is 1.11 bits per heavy atom. The molecule has 27 heavy (non-hydrogen) atoms. The molecule has 0 aromatic carbocycles. The van der Waals surface area contributed by atoms with E-state index in [2.05, 4.69) is 38.6 Å². The van der Waals surface area contributed by atoms with Crippen LogP contribution in [-0.2, 0) is 6.54 Å². The standard InChI is InChI=1S/C19H28N6.2ClH/c1-13-22-18(16-9-17(20)10-16)11-19(23-13)24-6-3-15(4-7-24)12-25-8-5-21-14(25)2;;/h5,8,11,15-17H,3-4,6-7,9-10,12,20H2,1-2H3;2*1H. The zero-order valence-corrected chi connectivity index (χ0v) is 17.7. The van der Waals surface area contributed by atoms with E-state index in [1.807, 2.05) is 13.1 Å². The second kappa shape index (κ2) is 9.22. The number of nitrogens with zero attached hydrogens (tertiary/aromatic N) is 5. The van der Waals surface area contributed by atoms with Crippen molar-refractivity contribution in [3.8, 4) is 0 Å². The van der Waals surface area contributed by atoms with Crippen LogP contribution in [0.1, 0.15) is 48.9 Å². The SMILES string of the molecule is Cc1nc(C2CC(N)C2)cc(N2CCC(Cn3ccnc3C)CC2)n1.Cl.Cl. The molecule has 0 radical (unpaired) electrons. The molecule has 0 spiro atoms. The van der Waals surface area contributed by atoms with Crippen molar-refractivity contribution >= 4 is 30.6 Å². The van der Waals surface area contributed by atoms with Gasteiger partial charge in [-0.2, -0.15) is 0 Å². The molecule has 2 aromatic heterocycles. The summed E-state index contributed by atoms with van der Waals surface area (Å²) in [5.41, 5.74) is 7.13. The lowest BCUT2D eigenvalue weighted by atomic mass is 9.78. The van der Waals surface area contributed by atoms with Gasteiger partial charge in [-0.15, -0.1) is 24.8 Å². The highest BCUT2D eigenvalue weighted by Crippen LogP contribution is 2.36. The molecule has 2 N–H and O–H groups in total. The molecule has 2 aliphatic rings. The van der Waals surface area contributed by atoms with Crippen molar-refractivity contribution in [1.82, 2.24) is 19.5 Å². The number of rotatable bonds is 4. The summed E-state index contributed by atoms with van der Waals surface area (Å²) >= 11 is 0. The third-order valence-electron chi connectivity index (χ3n) is 5.75. The molecule has 1 aliphatic heterocycles. The highest BCUT2D eigenvalue weighted by atomic mass is 35.5. The number of piperidine rings is 1. The fourth-order valence-corrected chi connectivity index (χ4v) is 4.07. The van der Waals surface area contributed by atoms with E-state index in [1.165, 1.54) is 18.5 Å². The largest absolute Gasteiger partial charge is 0.356 e. The molecular weight excluding hydrogens is 383 g/mol. The van der Waals surface area contributed by atoms with Crippen LogP contribution in [0.25, 0.3) is 0 Å². The summed E-state index contributed by atoms with van der Waals surface area (Å²) in [6, 6.07) is 2.55. The zero-order valence-electron chi connectivity index (χ0n) is 16.0. The third kappa shape index (κ3) is 4.92. The van der Waals surface area contributed by atoms with E-state index in [-0.39, 0.29) is 24.8 Å². The summed E-state index contributed by atoms with van der Waals surface area (Å²) in [5.74, 6) is 4.33. The average Bonchev–Trinajstić information content (AvgIpc) is 2.97. The third-order valence-corrected chi connectivity index (χ3v) is 5.75. The van der Waals surface area contributed by atoms with E-state index in [9.17, 15) is 0 Å². The Kier molecular flexibility index (Phi) is 7.48. The first-order valence-electron chi connectivity index (χ1n) is 9.42. The molecule has 1 aliphatic carbocycles. The maximum Gasteiger partial charge on any atom is 0.132 e. The Labute approximate surface area is 173 Å². The molecule has 0 amide bonds. The summed E-state index contributed by atoms with van der Waals surface area (Å²) in [6.45, 7) is 7.29. The van der Waals surface area contributed by atoms with Gasteiger partial charge in [-0.25, -0.2) is 15.0 Å². The molecule has 1 saturated heterocycles. The fourth-order valence-electron chi connectivity index (χ4n) is 4.07. The Balaban J connectivity index is 0.00000131. The minimum absolute atomic E-state index is 0. The topological polar surface area (TPSA) is 72.9 Å². The maximum atomic E-state index is 5.95. The van der Waals surface area contributed by atoms with E-state index in [0.717, 1.165) is 55.9 Å². The second-order valence-corrected chi connectivity index (χ2v) is 7.68. The van der Waals surface area contributed by atoms with Crippen LogP contribution in [0.2, 0.25) is 0 Å². The molecular formula is C19H30Cl2N6. The molecule has 3 heterocycles. The molecule has 8 heteroatoms. The van der Waals surface area contributed by atoms with E-state index < -0.39 is 0 Å². The van der Waals surface area contributed by atoms with Gasteiger partial charge in [0.25, 0.3) is 0 Å². The molecule has 6 nitrogen and oxygen atoms in total. The van der Waals surface area contributed by atoms with Crippen LogP contribution >= 0.6 is 24.8 Å². The van der Waals surface area contributed by atoms with Crippen molar-refractivity contribution in [3.63, 3.8) is 0 Å². The lowest BCUT2D eigenvalue weighted by Crippen LogP contribution is -2.37. The summed E-state index contributed by atoms with van der Waals surface area (Å²) in [7, 11) is 0. The van der Waals surface area contributed by atoms with Crippen LogP contribution in [0, 0.1) is 19.8 Å². The van der Waals surface area contributed by atoms with Crippen molar-refractivity contribution in [3.05, 3.63) is 35.8 Å². The van der Waals surface area contributed by atoms with Gasteiger partial charge in [0.2, 0.25) is 0 Å². The first-order chi connectivity index (χ1) is 12.1. The molecule has 2 fully saturated rings. The number of aryl methyl sites for hydroxylation is 2. The van der Waals surface area contributed by atoms with Crippen LogP contribution in [-0.4, -0.2) is 38.7 Å². The minimum Gasteiger partial charge on any atom is -0.356 e. The zero-order chi connectivity index (χ0) is 17.4. The number of imidazole rings is 1. The fraction of sp³-hybridized carbons (Fsp3) is 0.632. The van der Waals surface area contributed by atoms with Crippen molar-refractivity contribution in [2.24, 2.45) is 11.7 Å². The number of anilines is 1. The van der Waals surface area contributed by atoms with Gasteiger partial charge in [-0.1, -0.05) is 0 Å². The number of halogens is 2. The van der Waals surface area contributed by atoms with Gasteiger partial charge >= 0.3 is 0 Å². The van der Waals surface area contributed by atoms with Crippen LogP contribution in [0.15, 0.2) is 18.5 Å². The van der Waals surface area contributed by atoms with Gasteiger partial charge in [0.15, 0.2) is 0 Å². The predicted octanol–water partition coefficient (Wildman–Crippen LogP) is 3.25. The van der Waals surface area contributed by atoms with Crippen LogP contribution < -0.4 is 10.6 Å². The smallest absolute Gasteiger partial charge is 0.132 e. The summed E-state index contributed by atoms with van der Waals surface area (Å²) in [6.07, 6.45) is 8.49. The number of aromatic nitrogens is 4. The summed E-state index contributed by atoms with van der Waals surface area (Å²) < 4.78 is 2.27. The average molecular weight is 413 g/mol. The minimum atomic E-state index is 0. The Bertz CT molecular complexity index is 736. The van der Waals surface area contributed by atoms with Crippen molar-refractivity contribution in [2.75, 3.05) is 18.0 Å². The van der Waals surface area contributed by atoms with Crippen molar-refractivity contribution in [1.29, 1.82) is 0 Å². The molecule has 4 rings (SSSR count). The first kappa shape index (κ1) is 21.9. The number of nitrogens with two attached hydrogens (primary N) is 1. The highest BCUT2D eigenvalue weighted by molar-refractivity contribution is 5.85. The van der Waals surface area contributed by atoms with E-state index in [1.54, 1.807) is 0 Å². The number of hydrogen-bond donors (Lipinski definition) is 1. The normalized spacial score (nSPS) is 22.6. The first-order valence-corrected chi connectivity index (χ1v) is 9.42. The molecule has 1 saturated carbocycles. The highest BCUT2D eigenvalue weighted by Gasteiger charge is 2.30. The quantitative estimate of drug-likeness (QED) is 0.833. The number of hydrogen-bond acceptors (Lipinski definition) is 5. The Hall–Kier alpha value is -1.37. The Morgan fingerprint density at radius 2 is 1.81 bits per heavy atom. The van der Waals surface area contributed by atoms with Crippen molar-refractivity contribution < 1.29 is 0 Å². The van der Waals surface area contributed by atoms with E-state index >= 15 is 0 Å². The Morgan fingerprint density at radius 3 is 2.41 bits per heavy atom. The van der Waals surface area contributed by atoms with Crippen LogP contribution in [0.4, 0.5) is 5.82 Å². The van der Waals surface area contributed by atoms with Gasteiger partial charge in [-0.05, 0) is 45.4 Å². The molecule has 0 atom stereocenters. The van der Waals surface area contributed by atoms with E-state index in [4.69, 9.17) is 10.7 Å². The summed E-state index contributed by atoms with van der Waals surface area (Å²) in [4.78, 5) is 16.1. The summed E-state index contributed by atoms with van der Waals surface area (Å²) in [5, 5.41) is 0. The predicted molar refractivity (Wildman–Crippen MR) is 113 cm³/mol. The van der Waals surface area contributed by atoms with Gasteiger partial charge in [0.05, 0.1) is 0 Å². The maximum absolute atomic E-state index is 5.95. The van der Waals surface area contributed by atoms with Crippen LogP contribution in [0.3, 0.4) is 0 Å². The molecule has 0 bridgehead atoms.